The number of amides is 2. The monoisotopic (exact) mass is 378 g/mol. The Morgan fingerprint density at radius 3 is 2.27 bits per heavy atom. The summed E-state index contributed by atoms with van der Waals surface area (Å²) < 4.78 is 5.15. The smallest absolute Gasteiger partial charge is 0.233 e. The van der Waals surface area contributed by atoms with Crippen LogP contribution in [0.5, 0.6) is 5.75 Å². The zero-order valence-corrected chi connectivity index (χ0v) is 17.2. The Kier molecular flexibility index (Phi) is 6.98. The fourth-order valence-corrected chi connectivity index (χ4v) is 3.81. The zero-order chi connectivity index (χ0) is 19.3. The van der Waals surface area contributed by atoms with Crippen LogP contribution in [0.3, 0.4) is 0 Å². The summed E-state index contributed by atoms with van der Waals surface area (Å²) in [6.07, 6.45) is 1.63. The maximum absolute atomic E-state index is 12.5. The fraction of sp³-hybridized carbons (Fsp3) is 0.600. The van der Waals surface area contributed by atoms with Gasteiger partial charge in [-0.25, -0.2) is 0 Å². The number of methoxy groups -OCH3 is 1. The number of hydrogen-bond acceptors (Lipinski definition) is 4. The van der Waals surface area contributed by atoms with Gasteiger partial charge < -0.3 is 15.0 Å². The highest BCUT2D eigenvalue weighted by atomic mass is 32.2. The van der Waals surface area contributed by atoms with E-state index in [4.69, 9.17) is 4.74 Å². The van der Waals surface area contributed by atoms with Gasteiger partial charge in [-0.2, -0.15) is 0 Å². The molecule has 1 aliphatic heterocycles. The highest BCUT2D eigenvalue weighted by Gasteiger charge is 2.31. The third-order valence-corrected chi connectivity index (χ3v) is 5.62. The number of likely N-dealkylation sites (tertiary alicyclic amines) is 1. The predicted molar refractivity (Wildman–Crippen MR) is 106 cm³/mol. The summed E-state index contributed by atoms with van der Waals surface area (Å²) in [5, 5.41) is 2.97. The molecule has 2 amide bonds. The first-order valence-corrected chi connectivity index (χ1v) is 9.99. The Labute approximate surface area is 160 Å². The van der Waals surface area contributed by atoms with Crippen LogP contribution >= 0.6 is 11.8 Å². The van der Waals surface area contributed by atoms with Crippen molar-refractivity contribution >= 4 is 23.6 Å². The molecule has 1 aliphatic rings. The van der Waals surface area contributed by atoms with Gasteiger partial charge in [-0.15, -0.1) is 11.8 Å². The molecule has 0 radical (unpaired) electrons. The van der Waals surface area contributed by atoms with Crippen LogP contribution in [0.1, 0.15) is 40.5 Å². The van der Waals surface area contributed by atoms with Gasteiger partial charge >= 0.3 is 0 Å². The van der Waals surface area contributed by atoms with Gasteiger partial charge in [0.25, 0.3) is 0 Å². The van der Waals surface area contributed by atoms with E-state index >= 15 is 0 Å². The van der Waals surface area contributed by atoms with E-state index < -0.39 is 0 Å². The highest BCUT2D eigenvalue weighted by molar-refractivity contribution is 8.00. The first kappa shape index (κ1) is 20.6. The standard InChI is InChI=1S/C20H30N2O3S/c1-14(26-17-8-6-16(25-5)7-9-17)18(23)21-15-10-12-22(13-11-15)19(24)20(2,3)4/h6-9,14-15H,10-13H2,1-5H3,(H,21,23). The van der Waals surface area contributed by atoms with Gasteiger partial charge in [-0.05, 0) is 44.0 Å². The summed E-state index contributed by atoms with van der Waals surface area (Å²) >= 11 is 1.54. The van der Waals surface area contributed by atoms with Crippen molar-refractivity contribution in [2.75, 3.05) is 20.2 Å². The lowest BCUT2D eigenvalue weighted by Crippen LogP contribution is -2.50. The second-order valence-corrected chi connectivity index (χ2v) is 9.17. The van der Waals surface area contributed by atoms with Gasteiger partial charge in [-0.3, -0.25) is 9.59 Å². The minimum Gasteiger partial charge on any atom is -0.497 e. The maximum Gasteiger partial charge on any atom is 0.233 e. The first-order chi connectivity index (χ1) is 12.2. The average Bonchev–Trinajstić information content (AvgIpc) is 2.61. The van der Waals surface area contributed by atoms with Crippen LogP contribution in [0.15, 0.2) is 29.2 Å². The Hall–Kier alpha value is -1.69. The van der Waals surface area contributed by atoms with Gasteiger partial charge in [0.15, 0.2) is 0 Å². The Morgan fingerprint density at radius 2 is 1.77 bits per heavy atom. The number of benzene rings is 1. The molecular formula is C20H30N2O3S. The van der Waals surface area contributed by atoms with E-state index in [1.807, 2.05) is 56.9 Å². The quantitative estimate of drug-likeness (QED) is 0.799. The SMILES string of the molecule is COc1ccc(SC(C)C(=O)NC2CCN(C(=O)C(C)(C)C)CC2)cc1. The zero-order valence-electron chi connectivity index (χ0n) is 16.4. The van der Waals surface area contributed by atoms with Gasteiger partial charge in [0.2, 0.25) is 11.8 Å². The van der Waals surface area contributed by atoms with Crippen molar-refractivity contribution in [1.82, 2.24) is 10.2 Å². The molecule has 0 aromatic heterocycles. The number of piperidine rings is 1. The molecular weight excluding hydrogens is 348 g/mol. The second kappa shape index (κ2) is 8.80. The van der Waals surface area contributed by atoms with Crippen molar-refractivity contribution in [3.05, 3.63) is 24.3 Å². The van der Waals surface area contributed by atoms with E-state index in [2.05, 4.69) is 5.32 Å². The third-order valence-electron chi connectivity index (χ3n) is 4.51. The minimum atomic E-state index is -0.348. The van der Waals surface area contributed by atoms with Crippen LogP contribution in [0.25, 0.3) is 0 Å². The summed E-state index contributed by atoms with van der Waals surface area (Å²) in [7, 11) is 1.64. The first-order valence-electron chi connectivity index (χ1n) is 9.11. The molecule has 1 atom stereocenters. The molecule has 1 aromatic carbocycles. The summed E-state index contributed by atoms with van der Waals surface area (Å²) in [5.74, 6) is 1.04. The molecule has 1 saturated heterocycles. The van der Waals surface area contributed by atoms with Crippen LogP contribution in [0.4, 0.5) is 0 Å². The molecule has 0 saturated carbocycles. The summed E-state index contributed by atoms with van der Waals surface area (Å²) in [6, 6.07) is 7.86. The molecule has 1 N–H and O–H groups in total. The number of ether oxygens (including phenoxy) is 1. The average molecular weight is 379 g/mol. The van der Waals surface area contributed by atoms with Gasteiger partial charge in [0, 0.05) is 29.4 Å². The lowest BCUT2D eigenvalue weighted by Gasteiger charge is -2.36. The van der Waals surface area contributed by atoms with Crippen molar-refractivity contribution in [3.63, 3.8) is 0 Å². The number of hydrogen-bond donors (Lipinski definition) is 1. The molecule has 6 heteroatoms. The lowest BCUT2D eigenvalue weighted by molar-refractivity contribution is -0.140. The highest BCUT2D eigenvalue weighted by Crippen LogP contribution is 2.26. The van der Waals surface area contributed by atoms with Crippen LogP contribution in [0, 0.1) is 5.41 Å². The van der Waals surface area contributed by atoms with E-state index in [1.54, 1.807) is 7.11 Å². The van der Waals surface area contributed by atoms with E-state index in [9.17, 15) is 9.59 Å². The number of thioether (sulfide) groups is 1. The van der Waals surface area contributed by atoms with Crippen LogP contribution in [0.2, 0.25) is 0 Å². The van der Waals surface area contributed by atoms with Gasteiger partial charge in [0.1, 0.15) is 5.75 Å². The van der Waals surface area contributed by atoms with Crippen molar-refractivity contribution in [1.29, 1.82) is 0 Å². The van der Waals surface area contributed by atoms with Gasteiger partial charge in [0.05, 0.1) is 12.4 Å². The van der Waals surface area contributed by atoms with Crippen molar-refractivity contribution < 1.29 is 14.3 Å². The summed E-state index contributed by atoms with van der Waals surface area (Å²) in [4.78, 5) is 27.8. The van der Waals surface area contributed by atoms with E-state index in [1.165, 1.54) is 11.8 Å². The van der Waals surface area contributed by atoms with Crippen molar-refractivity contribution in [2.45, 2.75) is 56.7 Å². The largest absolute Gasteiger partial charge is 0.497 e. The van der Waals surface area contributed by atoms with Crippen LogP contribution < -0.4 is 10.1 Å². The minimum absolute atomic E-state index is 0.0476. The Morgan fingerprint density at radius 1 is 1.19 bits per heavy atom. The Balaban J connectivity index is 1.79. The molecule has 1 fully saturated rings. The number of rotatable bonds is 5. The van der Waals surface area contributed by atoms with Crippen LogP contribution in [-0.2, 0) is 9.59 Å². The molecule has 5 nitrogen and oxygen atoms in total. The van der Waals surface area contributed by atoms with Gasteiger partial charge in [-0.1, -0.05) is 20.8 Å². The number of nitrogens with zero attached hydrogens (tertiary/aromatic N) is 1. The topological polar surface area (TPSA) is 58.6 Å². The predicted octanol–water partition coefficient (Wildman–Crippen LogP) is 3.33. The second-order valence-electron chi connectivity index (χ2n) is 7.76. The number of carbonyl (C=O) groups excluding carboxylic acids is 2. The molecule has 0 bridgehead atoms. The molecule has 0 spiro atoms. The molecule has 1 heterocycles. The van der Waals surface area contributed by atoms with Crippen molar-refractivity contribution in [2.24, 2.45) is 5.41 Å². The fourth-order valence-electron chi connectivity index (χ4n) is 2.93. The molecule has 144 valence electrons. The number of nitrogens with one attached hydrogen (secondary N) is 1. The van der Waals surface area contributed by atoms with Crippen LogP contribution in [-0.4, -0.2) is 48.2 Å². The van der Waals surface area contributed by atoms with Crippen molar-refractivity contribution in [3.8, 4) is 5.75 Å². The van der Waals surface area contributed by atoms with E-state index in [-0.39, 0.29) is 28.5 Å². The normalized spacial score (nSPS) is 16.9. The van der Waals surface area contributed by atoms with E-state index in [0.717, 1.165) is 23.5 Å². The molecule has 1 unspecified atom stereocenters. The summed E-state index contributed by atoms with van der Waals surface area (Å²) in [6.45, 7) is 9.18. The summed E-state index contributed by atoms with van der Waals surface area (Å²) in [5.41, 5.74) is -0.348. The van der Waals surface area contributed by atoms with E-state index in [0.29, 0.717) is 13.1 Å². The molecule has 2 rings (SSSR count). The third kappa shape index (κ3) is 5.66. The molecule has 1 aromatic rings. The number of carbonyl (C=O) groups is 2. The molecule has 0 aliphatic carbocycles. The molecule has 26 heavy (non-hydrogen) atoms. The maximum atomic E-state index is 12.5. The lowest BCUT2D eigenvalue weighted by atomic mass is 9.93. The Bertz CT molecular complexity index is 617.